The van der Waals surface area contributed by atoms with E-state index in [-0.39, 0.29) is 5.41 Å². The van der Waals surface area contributed by atoms with E-state index in [9.17, 15) is 0 Å². The predicted molar refractivity (Wildman–Crippen MR) is 263 cm³/mol. The molecule has 1 aliphatic rings. The number of benzene rings is 10. The third-order valence-corrected chi connectivity index (χ3v) is 12.9. The lowest BCUT2D eigenvalue weighted by Gasteiger charge is -2.31. The molecule has 10 aromatic carbocycles. The Bertz CT molecular complexity index is 3240. The number of anilines is 3. The fourth-order valence-electron chi connectivity index (χ4n) is 9.74. The van der Waals surface area contributed by atoms with Crippen LogP contribution in [0, 0.1) is 0 Å². The third-order valence-electron chi connectivity index (χ3n) is 12.9. The normalized spacial score (nSPS) is 12.5. The zero-order chi connectivity index (χ0) is 41.6. The predicted octanol–water partition coefficient (Wildman–Crippen LogP) is 17.0. The maximum atomic E-state index is 2.50. The van der Waals surface area contributed by atoms with Gasteiger partial charge in [0.05, 0.1) is 11.4 Å². The van der Waals surface area contributed by atoms with Crippen molar-refractivity contribution in [2.75, 3.05) is 4.90 Å². The highest BCUT2D eigenvalue weighted by Gasteiger charge is 2.35. The molecule has 294 valence electrons. The molecule has 0 radical (unpaired) electrons. The van der Waals surface area contributed by atoms with Gasteiger partial charge in [-0.2, -0.15) is 0 Å². The summed E-state index contributed by atoms with van der Waals surface area (Å²) in [5, 5.41) is 2.40. The summed E-state index contributed by atoms with van der Waals surface area (Å²) in [4.78, 5) is 2.50. The first kappa shape index (κ1) is 37.3. The van der Waals surface area contributed by atoms with E-state index >= 15 is 0 Å². The van der Waals surface area contributed by atoms with E-state index < -0.39 is 0 Å². The molecule has 0 saturated carbocycles. The van der Waals surface area contributed by atoms with Crippen molar-refractivity contribution in [1.82, 2.24) is 0 Å². The van der Waals surface area contributed by atoms with Crippen LogP contribution in [0.2, 0.25) is 0 Å². The van der Waals surface area contributed by atoms with Gasteiger partial charge in [0.1, 0.15) is 0 Å². The van der Waals surface area contributed by atoms with Crippen LogP contribution in [0.5, 0.6) is 0 Å². The largest absolute Gasteiger partial charge is 0.309 e. The molecule has 62 heavy (non-hydrogen) atoms. The maximum Gasteiger partial charge on any atom is 0.0546 e. The lowest BCUT2D eigenvalue weighted by molar-refractivity contribution is 0.660. The molecule has 0 amide bonds. The monoisotopic (exact) mass is 791 g/mol. The molecule has 0 N–H and O–H groups in total. The van der Waals surface area contributed by atoms with E-state index in [4.69, 9.17) is 0 Å². The molecule has 0 atom stereocenters. The second-order valence-corrected chi connectivity index (χ2v) is 16.9. The van der Waals surface area contributed by atoms with Crippen molar-refractivity contribution in [2.24, 2.45) is 0 Å². The lowest BCUT2D eigenvalue weighted by atomic mass is 9.82. The maximum absolute atomic E-state index is 2.50. The molecule has 1 nitrogen and oxygen atoms in total. The average molecular weight is 792 g/mol. The summed E-state index contributed by atoms with van der Waals surface area (Å²) in [7, 11) is 0. The number of fused-ring (bicyclic) bond motifs is 4. The molecule has 1 aliphatic carbocycles. The fraction of sp³-hybridized carbons (Fsp3) is 0.0492. The van der Waals surface area contributed by atoms with Gasteiger partial charge in [0.2, 0.25) is 0 Å². The molecule has 0 bridgehead atoms. The highest BCUT2D eigenvalue weighted by molar-refractivity contribution is 6.02. The zero-order valence-electron chi connectivity index (χ0n) is 35.0. The summed E-state index contributed by atoms with van der Waals surface area (Å²) in [6.45, 7) is 4.71. The van der Waals surface area contributed by atoms with Crippen LogP contribution in [0.25, 0.3) is 77.5 Å². The van der Waals surface area contributed by atoms with E-state index in [0.29, 0.717) is 0 Å². The van der Waals surface area contributed by atoms with E-state index in [1.165, 1.54) is 77.5 Å². The summed E-state index contributed by atoms with van der Waals surface area (Å²) < 4.78 is 0. The topological polar surface area (TPSA) is 3.24 Å². The second kappa shape index (κ2) is 15.4. The Balaban J connectivity index is 1.15. The standard InChI is InChI=1S/C61H45N/c1-61(2)56-26-14-12-24-54(56)55-41-50(36-38-57(55)61)60-53(45-21-10-5-11-22-45)25-16-28-59(60)62(51-37-35-48-39-47(33-34-49(48)40-51)43-19-8-4-9-20-43)58-27-15-13-23-52(58)46-31-29-44(30-32-46)42-17-6-3-7-18-42/h3-41H,1-2H3. The Hall–Kier alpha value is -7.74. The van der Waals surface area contributed by atoms with Crippen molar-refractivity contribution in [3.8, 4) is 66.8 Å². The third kappa shape index (κ3) is 6.51. The molecule has 0 unspecified atom stereocenters. The highest BCUT2D eigenvalue weighted by atomic mass is 15.1. The summed E-state index contributed by atoms with van der Waals surface area (Å²) in [6.07, 6.45) is 0. The molecule has 0 saturated heterocycles. The van der Waals surface area contributed by atoms with Crippen LogP contribution in [0.3, 0.4) is 0 Å². The zero-order valence-corrected chi connectivity index (χ0v) is 35.0. The second-order valence-electron chi connectivity index (χ2n) is 16.9. The van der Waals surface area contributed by atoms with Gasteiger partial charge < -0.3 is 4.90 Å². The fourth-order valence-corrected chi connectivity index (χ4v) is 9.74. The smallest absolute Gasteiger partial charge is 0.0546 e. The number of rotatable bonds is 8. The molecule has 0 spiro atoms. The highest BCUT2D eigenvalue weighted by Crippen LogP contribution is 2.53. The number of hydrogen-bond acceptors (Lipinski definition) is 1. The Morgan fingerprint density at radius 1 is 0.290 bits per heavy atom. The summed E-state index contributed by atoms with van der Waals surface area (Å²) in [5.74, 6) is 0. The van der Waals surface area contributed by atoms with E-state index in [1.807, 2.05) is 0 Å². The van der Waals surface area contributed by atoms with Crippen LogP contribution in [0.15, 0.2) is 237 Å². The Labute approximate surface area is 364 Å². The molecule has 0 aromatic heterocycles. The molecular weight excluding hydrogens is 747 g/mol. The van der Waals surface area contributed by atoms with Gasteiger partial charge in [-0.3, -0.25) is 0 Å². The number of hydrogen-bond donors (Lipinski definition) is 0. The van der Waals surface area contributed by atoms with Crippen molar-refractivity contribution in [3.05, 3.63) is 248 Å². The van der Waals surface area contributed by atoms with Gasteiger partial charge in [-0.1, -0.05) is 214 Å². The van der Waals surface area contributed by atoms with Crippen LogP contribution in [0.4, 0.5) is 17.1 Å². The minimum Gasteiger partial charge on any atom is -0.309 e. The van der Waals surface area contributed by atoms with Crippen molar-refractivity contribution in [2.45, 2.75) is 19.3 Å². The van der Waals surface area contributed by atoms with Crippen LogP contribution >= 0.6 is 0 Å². The average Bonchev–Trinajstić information content (AvgIpc) is 3.57. The van der Waals surface area contributed by atoms with Crippen LogP contribution in [-0.2, 0) is 5.41 Å². The first-order chi connectivity index (χ1) is 30.5. The number of para-hydroxylation sites is 1. The molecule has 1 heteroatoms. The Morgan fingerprint density at radius 3 is 1.52 bits per heavy atom. The lowest BCUT2D eigenvalue weighted by Crippen LogP contribution is -2.15. The van der Waals surface area contributed by atoms with Gasteiger partial charge in [0.15, 0.2) is 0 Å². The molecule has 10 aromatic rings. The SMILES string of the molecule is CC1(C)c2ccccc2-c2cc(-c3c(-c4ccccc4)cccc3N(c3ccc4cc(-c5ccccc5)ccc4c3)c3ccccc3-c3ccc(-c4ccccc4)cc3)ccc21. The van der Waals surface area contributed by atoms with Crippen LogP contribution in [-0.4, -0.2) is 0 Å². The Morgan fingerprint density at radius 2 is 0.774 bits per heavy atom. The van der Waals surface area contributed by atoms with Gasteiger partial charge in [-0.15, -0.1) is 0 Å². The van der Waals surface area contributed by atoms with Crippen LogP contribution in [0.1, 0.15) is 25.0 Å². The molecular formula is C61H45N. The minimum atomic E-state index is -0.0846. The van der Waals surface area contributed by atoms with E-state index in [2.05, 4.69) is 255 Å². The summed E-state index contributed by atoms with van der Waals surface area (Å²) >= 11 is 0. The first-order valence-electron chi connectivity index (χ1n) is 21.6. The summed E-state index contributed by atoms with van der Waals surface area (Å²) in [5.41, 5.74) is 20.5. The van der Waals surface area contributed by atoms with Crippen molar-refractivity contribution in [3.63, 3.8) is 0 Å². The summed E-state index contributed by atoms with van der Waals surface area (Å²) in [6, 6.07) is 86.8. The quantitative estimate of drug-likeness (QED) is 0.148. The van der Waals surface area contributed by atoms with Crippen molar-refractivity contribution in [1.29, 1.82) is 0 Å². The number of nitrogens with zero attached hydrogens (tertiary/aromatic N) is 1. The Kier molecular flexibility index (Phi) is 9.24. The van der Waals surface area contributed by atoms with Crippen LogP contribution < -0.4 is 4.90 Å². The van der Waals surface area contributed by atoms with Gasteiger partial charge in [0, 0.05) is 22.2 Å². The minimum absolute atomic E-state index is 0.0846. The van der Waals surface area contributed by atoms with E-state index in [1.54, 1.807) is 0 Å². The van der Waals surface area contributed by atoms with Gasteiger partial charge in [-0.25, -0.2) is 0 Å². The molecule has 0 fully saturated rings. The van der Waals surface area contributed by atoms with Crippen molar-refractivity contribution < 1.29 is 0 Å². The molecule has 0 heterocycles. The van der Waals surface area contributed by atoms with Gasteiger partial charge in [0.25, 0.3) is 0 Å². The van der Waals surface area contributed by atoms with Gasteiger partial charge >= 0.3 is 0 Å². The van der Waals surface area contributed by atoms with Gasteiger partial charge in [-0.05, 0) is 114 Å². The molecule has 11 rings (SSSR count). The van der Waals surface area contributed by atoms with Crippen molar-refractivity contribution >= 4 is 27.8 Å². The van der Waals surface area contributed by atoms with E-state index in [0.717, 1.165) is 28.2 Å². The molecule has 0 aliphatic heterocycles. The first-order valence-corrected chi connectivity index (χ1v) is 21.6.